The van der Waals surface area contributed by atoms with E-state index in [1.807, 2.05) is 29.1 Å². The van der Waals surface area contributed by atoms with E-state index >= 15 is 0 Å². The Morgan fingerprint density at radius 3 is 3.00 bits per heavy atom. The van der Waals surface area contributed by atoms with Crippen molar-refractivity contribution < 1.29 is 4.74 Å². The first kappa shape index (κ1) is 13.1. The molecule has 1 aromatic carbocycles. The molecule has 2 aromatic rings. The smallest absolute Gasteiger partial charge is 0.119 e. The molecule has 1 aromatic heterocycles. The molecule has 0 aliphatic rings. The maximum absolute atomic E-state index is 5.67. The lowest BCUT2D eigenvalue weighted by molar-refractivity contribution is 0.298. The maximum atomic E-state index is 5.67. The largest absolute Gasteiger partial charge is 0.494 e. The number of alkyl halides is 1. The Labute approximate surface area is 115 Å². The Hall–Kier alpha value is -1.36. The van der Waals surface area contributed by atoms with Crippen LogP contribution in [0, 0.1) is 6.92 Å². The molecule has 0 spiro atoms. The van der Waals surface area contributed by atoms with Crippen molar-refractivity contribution in [3.05, 3.63) is 41.7 Å². The third-order valence-corrected chi connectivity index (χ3v) is 3.09. The Balaban J connectivity index is 1.72. The maximum Gasteiger partial charge on any atom is 0.119 e. The molecule has 18 heavy (non-hydrogen) atoms. The topological polar surface area (TPSA) is 39.9 Å². The van der Waals surface area contributed by atoms with Crippen molar-refractivity contribution in [2.75, 3.05) is 6.61 Å². The van der Waals surface area contributed by atoms with Crippen LogP contribution < -0.4 is 4.74 Å². The highest BCUT2D eigenvalue weighted by molar-refractivity contribution is 9.08. The molecule has 0 unspecified atom stereocenters. The van der Waals surface area contributed by atoms with Gasteiger partial charge in [-0.05, 0) is 24.6 Å². The lowest BCUT2D eigenvalue weighted by Crippen LogP contribution is -2.05. The molecule has 96 valence electrons. The van der Waals surface area contributed by atoms with Gasteiger partial charge in [0.25, 0.3) is 0 Å². The summed E-state index contributed by atoms with van der Waals surface area (Å²) in [4.78, 5) is 0. The van der Waals surface area contributed by atoms with E-state index in [2.05, 4.69) is 39.2 Å². The van der Waals surface area contributed by atoms with Gasteiger partial charge < -0.3 is 4.74 Å². The van der Waals surface area contributed by atoms with Crippen LogP contribution in [0.15, 0.2) is 30.5 Å². The van der Waals surface area contributed by atoms with Crippen molar-refractivity contribution >= 4 is 15.9 Å². The zero-order valence-electron chi connectivity index (χ0n) is 10.3. The van der Waals surface area contributed by atoms with Crippen LogP contribution >= 0.6 is 15.9 Å². The third-order valence-electron chi connectivity index (χ3n) is 2.51. The van der Waals surface area contributed by atoms with E-state index in [1.165, 1.54) is 5.56 Å². The average molecular weight is 310 g/mol. The molecule has 2 rings (SSSR count). The normalized spacial score (nSPS) is 10.6. The van der Waals surface area contributed by atoms with E-state index in [9.17, 15) is 0 Å². The van der Waals surface area contributed by atoms with Crippen LogP contribution in [0.25, 0.3) is 0 Å². The lowest BCUT2D eigenvalue weighted by atomic mass is 10.2. The third kappa shape index (κ3) is 3.84. The van der Waals surface area contributed by atoms with E-state index in [4.69, 9.17) is 4.74 Å². The molecule has 0 amide bonds. The number of rotatable bonds is 6. The molecule has 4 nitrogen and oxygen atoms in total. The summed E-state index contributed by atoms with van der Waals surface area (Å²) in [6.07, 6.45) is 2.86. The molecule has 0 bridgehead atoms. The monoisotopic (exact) mass is 309 g/mol. The number of halogens is 1. The predicted octanol–water partition coefficient (Wildman–Crippen LogP) is 2.95. The van der Waals surface area contributed by atoms with Gasteiger partial charge in [0.15, 0.2) is 0 Å². The Kier molecular flexibility index (Phi) is 4.75. The Morgan fingerprint density at radius 1 is 1.39 bits per heavy atom. The van der Waals surface area contributed by atoms with Crippen LogP contribution in [-0.2, 0) is 11.9 Å². The number of hydrogen-bond acceptors (Lipinski definition) is 3. The van der Waals surface area contributed by atoms with Gasteiger partial charge in [-0.3, -0.25) is 4.68 Å². The van der Waals surface area contributed by atoms with Gasteiger partial charge in [-0.1, -0.05) is 33.3 Å². The van der Waals surface area contributed by atoms with Crippen LogP contribution in [-0.4, -0.2) is 21.6 Å². The molecule has 0 saturated carbocycles. The number of hydrogen-bond donors (Lipinski definition) is 0. The van der Waals surface area contributed by atoms with Crippen LogP contribution in [0.2, 0.25) is 0 Å². The lowest BCUT2D eigenvalue weighted by Gasteiger charge is -2.06. The van der Waals surface area contributed by atoms with E-state index in [1.54, 1.807) is 0 Å². The van der Waals surface area contributed by atoms with Crippen LogP contribution in [0.3, 0.4) is 0 Å². The highest BCUT2D eigenvalue weighted by Gasteiger charge is 1.99. The molecule has 5 heteroatoms. The molecular formula is C13H16BrN3O. The molecule has 1 heterocycles. The minimum atomic E-state index is 0.687. The van der Waals surface area contributed by atoms with Crippen LogP contribution in [0.5, 0.6) is 5.75 Å². The van der Waals surface area contributed by atoms with Gasteiger partial charge in [-0.25, -0.2) is 0 Å². The second kappa shape index (κ2) is 6.54. The highest BCUT2D eigenvalue weighted by Crippen LogP contribution is 2.12. The highest BCUT2D eigenvalue weighted by atomic mass is 79.9. The SMILES string of the molecule is Cc1cccc(OCCCn2cc(CBr)nn2)c1. The standard InChI is InChI=1S/C13H16BrN3O/c1-11-4-2-5-13(8-11)18-7-3-6-17-10-12(9-14)15-16-17/h2,4-5,8,10H,3,6-7,9H2,1H3. The molecule has 0 fully saturated rings. The Bertz CT molecular complexity index is 498. The predicted molar refractivity (Wildman–Crippen MR) is 73.9 cm³/mol. The van der Waals surface area contributed by atoms with E-state index in [0.717, 1.165) is 29.7 Å². The summed E-state index contributed by atoms with van der Waals surface area (Å²) in [7, 11) is 0. The quantitative estimate of drug-likeness (QED) is 0.608. The number of nitrogens with zero attached hydrogens (tertiary/aromatic N) is 3. The van der Waals surface area contributed by atoms with Gasteiger partial charge in [0.1, 0.15) is 5.75 Å². The van der Waals surface area contributed by atoms with Gasteiger partial charge in [0.2, 0.25) is 0 Å². The second-order valence-corrected chi connectivity index (χ2v) is 4.69. The summed E-state index contributed by atoms with van der Waals surface area (Å²) in [6.45, 7) is 3.57. The van der Waals surface area contributed by atoms with Gasteiger partial charge >= 0.3 is 0 Å². The van der Waals surface area contributed by atoms with Gasteiger partial charge in [0.05, 0.1) is 12.3 Å². The van der Waals surface area contributed by atoms with Crippen molar-refractivity contribution in [3.8, 4) is 5.75 Å². The van der Waals surface area contributed by atoms with Gasteiger partial charge in [-0.15, -0.1) is 5.10 Å². The summed E-state index contributed by atoms with van der Waals surface area (Å²) in [5.74, 6) is 0.926. The van der Waals surface area contributed by atoms with Crippen molar-refractivity contribution in [2.24, 2.45) is 0 Å². The molecule has 0 N–H and O–H groups in total. The fourth-order valence-corrected chi connectivity index (χ4v) is 1.89. The average Bonchev–Trinajstić information content (AvgIpc) is 2.83. The minimum absolute atomic E-state index is 0.687. The number of benzene rings is 1. The second-order valence-electron chi connectivity index (χ2n) is 4.13. The van der Waals surface area contributed by atoms with Gasteiger partial charge in [0, 0.05) is 24.5 Å². The number of ether oxygens (including phenoxy) is 1. The van der Waals surface area contributed by atoms with Crippen LogP contribution in [0.4, 0.5) is 0 Å². The summed E-state index contributed by atoms with van der Waals surface area (Å²) in [6, 6.07) is 8.08. The zero-order valence-corrected chi connectivity index (χ0v) is 11.9. The van der Waals surface area contributed by atoms with Crippen molar-refractivity contribution in [1.82, 2.24) is 15.0 Å². The van der Waals surface area contributed by atoms with Crippen LogP contribution in [0.1, 0.15) is 17.7 Å². The summed E-state index contributed by atoms with van der Waals surface area (Å²) < 4.78 is 7.51. The van der Waals surface area contributed by atoms with E-state index < -0.39 is 0 Å². The molecule has 0 aliphatic heterocycles. The summed E-state index contributed by atoms with van der Waals surface area (Å²) >= 11 is 3.35. The molecule has 0 atom stereocenters. The first-order valence-electron chi connectivity index (χ1n) is 5.92. The van der Waals surface area contributed by atoms with Crippen molar-refractivity contribution in [1.29, 1.82) is 0 Å². The first-order valence-corrected chi connectivity index (χ1v) is 7.04. The Morgan fingerprint density at radius 2 is 2.28 bits per heavy atom. The zero-order chi connectivity index (χ0) is 12.8. The molecule has 0 aliphatic carbocycles. The van der Waals surface area contributed by atoms with Gasteiger partial charge in [-0.2, -0.15) is 0 Å². The van der Waals surface area contributed by atoms with Crippen molar-refractivity contribution in [2.45, 2.75) is 25.2 Å². The fourth-order valence-electron chi connectivity index (χ4n) is 1.63. The fraction of sp³-hybridized carbons (Fsp3) is 0.385. The minimum Gasteiger partial charge on any atom is -0.494 e. The summed E-state index contributed by atoms with van der Waals surface area (Å²) in [5.41, 5.74) is 2.17. The molecular weight excluding hydrogens is 294 g/mol. The first-order chi connectivity index (χ1) is 8.78. The number of aromatic nitrogens is 3. The summed E-state index contributed by atoms with van der Waals surface area (Å²) in [5, 5.41) is 8.78. The number of aryl methyl sites for hydroxylation is 2. The molecule has 0 saturated heterocycles. The van der Waals surface area contributed by atoms with E-state index in [0.29, 0.717) is 6.61 Å². The molecule has 0 radical (unpaired) electrons. The van der Waals surface area contributed by atoms with E-state index in [-0.39, 0.29) is 0 Å². The van der Waals surface area contributed by atoms with Crippen molar-refractivity contribution in [3.63, 3.8) is 0 Å².